The van der Waals surface area contributed by atoms with E-state index in [1.165, 1.54) is 12.1 Å². The van der Waals surface area contributed by atoms with Gasteiger partial charge >= 0.3 is 0 Å². The third-order valence-corrected chi connectivity index (χ3v) is 5.25. The zero-order chi connectivity index (χ0) is 20.9. The van der Waals surface area contributed by atoms with E-state index in [1.54, 1.807) is 41.4 Å². The third-order valence-electron chi connectivity index (χ3n) is 5.25. The van der Waals surface area contributed by atoms with Gasteiger partial charge in [-0.15, -0.1) is 0 Å². The van der Waals surface area contributed by atoms with Gasteiger partial charge in [0.05, 0.1) is 17.9 Å². The SMILES string of the molecule is O=Cc1ccc(OCC(=O)N2CCCCC2c2ncc(-c3cccc(F)c3)[nH]2)cc1. The lowest BCUT2D eigenvalue weighted by molar-refractivity contribution is -0.137. The number of rotatable bonds is 6. The van der Waals surface area contributed by atoms with Crippen molar-refractivity contribution in [3.63, 3.8) is 0 Å². The summed E-state index contributed by atoms with van der Waals surface area (Å²) in [6.45, 7) is 0.543. The summed E-state index contributed by atoms with van der Waals surface area (Å²) in [6.07, 6.45) is 5.16. The van der Waals surface area contributed by atoms with Gasteiger partial charge < -0.3 is 14.6 Å². The fourth-order valence-electron chi connectivity index (χ4n) is 3.69. The first-order chi connectivity index (χ1) is 14.6. The Bertz CT molecular complexity index is 1030. The molecule has 3 aromatic rings. The fourth-order valence-corrected chi connectivity index (χ4v) is 3.69. The predicted molar refractivity (Wildman–Crippen MR) is 110 cm³/mol. The van der Waals surface area contributed by atoms with E-state index >= 15 is 0 Å². The second-order valence-corrected chi connectivity index (χ2v) is 7.27. The molecule has 154 valence electrons. The van der Waals surface area contributed by atoms with Crippen LogP contribution in [0.3, 0.4) is 0 Å². The van der Waals surface area contributed by atoms with Crippen molar-refractivity contribution >= 4 is 12.2 Å². The number of benzene rings is 2. The molecular weight excluding hydrogens is 385 g/mol. The van der Waals surface area contributed by atoms with Gasteiger partial charge in [-0.2, -0.15) is 0 Å². The average molecular weight is 407 g/mol. The summed E-state index contributed by atoms with van der Waals surface area (Å²) in [5.41, 5.74) is 1.98. The summed E-state index contributed by atoms with van der Waals surface area (Å²) in [7, 11) is 0. The van der Waals surface area contributed by atoms with Gasteiger partial charge in [0.2, 0.25) is 0 Å². The normalized spacial score (nSPS) is 16.3. The van der Waals surface area contributed by atoms with Crippen LogP contribution in [0.2, 0.25) is 0 Å². The zero-order valence-corrected chi connectivity index (χ0v) is 16.4. The van der Waals surface area contributed by atoms with Crippen LogP contribution in [0.5, 0.6) is 5.75 Å². The summed E-state index contributed by atoms with van der Waals surface area (Å²) in [5.74, 6) is 0.797. The Hall–Kier alpha value is -3.48. The topological polar surface area (TPSA) is 75.3 Å². The maximum absolute atomic E-state index is 13.5. The molecule has 1 fully saturated rings. The number of likely N-dealkylation sites (tertiary alicyclic amines) is 1. The molecule has 0 spiro atoms. The molecule has 2 aromatic carbocycles. The molecule has 1 aliphatic heterocycles. The van der Waals surface area contributed by atoms with Gasteiger partial charge in [-0.1, -0.05) is 12.1 Å². The highest BCUT2D eigenvalue weighted by atomic mass is 19.1. The molecule has 1 atom stereocenters. The van der Waals surface area contributed by atoms with E-state index < -0.39 is 0 Å². The van der Waals surface area contributed by atoms with Crippen molar-refractivity contribution in [2.24, 2.45) is 0 Å². The summed E-state index contributed by atoms with van der Waals surface area (Å²) in [6, 6.07) is 12.8. The highest BCUT2D eigenvalue weighted by Gasteiger charge is 2.30. The minimum absolute atomic E-state index is 0.0889. The first-order valence-electron chi connectivity index (χ1n) is 9.92. The van der Waals surface area contributed by atoms with Crippen molar-refractivity contribution in [1.29, 1.82) is 0 Å². The molecule has 7 heteroatoms. The smallest absolute Gasteiger partial charge is 0.261 e. The number of nitrogens with one attached hydrogen (secondary N) is 1. The molecule has 1 saturated heterocycles. The number of aldehydes is 1. The first-order valence-corrected chi connectivity index (χ1v) is 9.92. The molecule has 1 amide bonds. The molecule has 1 aromatic heterocycles. The Kier molecular flexibility index (Phi) is 5.88. The highest BCUT2D eigenvalue weighted by Crippen LogP contribution is 2.31. The lowest BCUT2D eigenvalue weighted by Crippen LogP contribution is -2.41. The molecule has 30 heavy (non-hydrogen) atoms. The van der Waals surface area contributed by atoms with Crippen LogP contribution in [-0.4, -0.2) is 40.2 Å². The second-order valence-electron chi connectivity index (χ2n) is 7.27. The largest absolute Gasteiger partial charge is 0.484 e. The van der Waals surface area contributed by atoms with E-state index in [-0.39, 0.29) is 24.4 Å². The van der Waals surface area contributed by atoms with E-state index in [1.807, 2.05) is 6.07 Å². The van der Waals surface area contributed by atoms with Gasteiger partial charge in [0.25, 0.3) is 5.91 Å². The molecule has 1 N–H and O–H groups in total. The number of nitrogens with zero attached hydrogens (tertiary/aromatic N) is 2. The molecule has 6 nitrogen and oxygen atoms in total. The quantitative estimate of drug-likeness (QED) is 0.623. The van der Waals surface area contributed by atoms with Crippen LogP contribution < -0.4 is 4.74 Å². The van der Waals surface area contributed by atoms with E-state index in [0.717, 1.165) is 25.5 Å². The molecule has 1 aliphatic rings. The minimum Gasteiger partial charge on any atom is -0.484 e. The second kappa shape index (κ2) is 8.90. The number of H-pyrrole nitrogens is 1. The number of imidazole rings is 1. The van der Waals surface area contributed by atoms with Gasteiger partial charge in [-0.05, 0) is 55.7 Å². The van der Waals surface area contributed by atoms with Crippen molar-refractivity contribution in [1.82, 2.24) is 14.9 Å². The van der Waals surface area contributed by atoms with Crippen LogP contribution in [0.4, 0.5) is 4.39 Å². The molecular formula is C23H22FN3O3. The van der Waals surface area contributed by atoms with Crippen LogP contribution in [0.1, 0.15) is 41.5 Å². The number of ether oxygens (including phenoxy) is 1. The average Bonchev–Trinajstić information content (AvgIpc) is 3.28. The number of aromatic amines is 1. The monoisotopic (exact) mass is 407 g/mol. The molecule has 0 radical (unpaired) electrons. The van der Waals surface area contributed by atoms with E-state index in [0.29, 0.717) is 34.9 Å². The predicted octanol–water partition coefficient (Wildman–Crippen LogP) is 4.16. The standard InChI is InChI=1S/C23H22FN3O3/c24-18-5-3-4-17(12-18)20-13-25-23(26-20)21-6-1-2-11-27(21)22(29)15-30-19-9-7-16(14-28)8-10-19/h3-5,7-10,12-14,21H,1-2,6,11,15H2,(H,25,26). The van der Waals surface area contributed by atoms with Crippen molar-refractivity contribution < 1.29 is 18.7 Å². The lowest BCUT2D eigenvalue weighted by Gasteiger charge is -2.34. The van der Waals surface area contributed by atoms with Gasteiger partial charge in [0, 0.05) is 17.7 Å². The number of aromatic nitrogens is 2. The maximum Gasteiger partial charge on any atom is 0.261 e. The number of hydrogen-bond acceptors (Lipinski definition) is 4. The van der Waals surface area contributed by atoms with E-state index in [4.69, 9.17) is 4.74 Å². The van der Waals surface area contributed by atoms with Crippen molar-refractivity contribution in [3.8, 4) is 17.0 Å². The Balaban J connectivity index is 1.46. The molecule has 0 aliphatic carbocycles. The van der Waals surface area contributed by atoms with Gasteiger partial charge in [-0.3, -0.25) is 9.59 Å². The summed E-state index contributed by atoms with van der Waals surface area (Å²) >= 11 is 0. The van der Waals surface area contributed by atoms with Crippen LogP contribution in [-0.2, 0) is 4.79 Å². The van der Waals surface area contributed by atoms with Crippen LogP contribution in [0.25, 0.3) is 11.3 Å². The summed E-state index contributed by atoms with van der Waals surface area (Å²) < 4.78 is 19.1. The minimum atomic E-state index is -0.309. The van der Waals surface area contributed by atoms with Crippen molar-refractivity contribution in [3.05, 3.63) is 71.9 Å². The molecule has 2 heterocycles. The van der Waals surface area contributed by atoms with Crippen LogP contribution in [0, 0.1) is 5.82 Å². The summed E-state index contributed by atoms with van der Waals surface area (Å²) in [4.78, 5) is 33.1. The Morgan fingerprint density at radius 3 is 2.83 bits per heavy atom. The molecule has 0 saturated carbocycles. The van der Waals surface area contributed by atoms with Gasteiger partial charge in [0.1, 0.15) is 23.7 Å². The number of carbonyl (C=O) groups is 2. The Morgan fingerprint density at radius 1 is 1.23 bits per heavy atom. The third kappa shape index (κ3) is 4.40. The Morgan fingerprint density at radius 2 is 2.07 bits per heavy atom. The number of piperidine rings is 1. The number of amides is 1. The van der Waals surface area contributed by atoms with Crippen LogP contribution in [0.15, 0.2) is 54.7 Å². The number of halogens is 1. The van der Waals surface area contributed by atoms with Crippen LogP contribution >= 0.6 is 0 Å². The number of carbonyl (C=O) groups excluding carboxylic acids is 2. The fraction of sp³-hybridized carbons (Fsp3) is 0.261. The van der Waals surface area contributed by atoms with Gasteiger partial charge in [-0.25, -0.2) is 9.37 Å². The lowest BCUT2D eigenvalue weighted by atomic mass is 10.0. The summed E-state index contributed by atoms with van der Waals surface area (Å²) in [5, 5.41) is 0. The Labute approximate surface area is 173 Å². The maximum atomic E-state index is 13.5. The zero-order valence-electron chi connectivity index (χ0n) is 16.4. The number of hydrogen-bond donors (Lipinski definition) is 1. The van der Waals surface area contributed by atoms with Crippen molar-refractivity contribution in [2.45, 2.75) is 25.3 Å². The first kappa shape index (κ1) is 19.8. The molecule has 0 bridgehead atoms. The van der Waals surface area contributed by atoms with Crippen molar-refractivity contribution in [2.75, 3.05) is 13.2 Å². The highest BCUT2D eigenvalue weighted by molar-refractivity contribution is 5.78. The van der Waals surface area contributed by atoms with E-state index in [2.05, 4.69) is 9.97 Å². The van der Waals surface area contributed by atoms with E-state index in [9.17, 15) is 14.0 Å². The molecule has 1 unspecified atom stereocenters. The molecule has 4 rings (SSSR count). The van der Waals surface area contributed by atoms with Gasteiger partial charge in [0.15, 0.2) is 6.61 Å².